The molecule has 1 saturated heterocycles. The molecule has 3 heterocycles. The van der Waals surface area contributed by atoms with Crippen molar-refractivity contribution >= 4 is 23.4 Å². The molecule has 1 aliphatic rings. The normalized spacial score (nSPS) is 15.5. The van der Waals surface area contributed by atoms with Crippen molar-refractivity contribution in [2.24, 2.45) is 11.0 Å². The van der Waals surface area contributed by atoms with E-state index < -0.39 is 0 Å². The van der Waals surface area contributed by atoms with E-state index in [2.05, 4.69) is 22.4 Å². The molecule has 4 rings (SSSR count). The smallest absolute Gasteiger partial charge is 0.268 e. The molecular weight excluding hydrogens is 338 g/mol. The molecule has 3 aromatic rings. The van der Waals surface area contributed by atoms with E-state index in [0.717, 1.165) is 37.4 Å². The summed E-state index contributed by atoms with van der Waals surface area (Å²) in [5.41, 5.74) is 4.92. The minimum Gasteiger partial charge on any atom is -0.356 e. The number of piperidine rings is 1. The van der Waals surface area contributed by atoms with E-state index in [1.54, 1.807) is 16.8 Å². The van der Waals surface area contributed by atoms with Crippen LogP contribution >= 0.6 is 0 Å². The lowest BCUT2D eigenvalue weighted by Crippen LogP contribution is -2.36. The average Bonchev–Trinajstić information content (AvgIpc) is 2.71. The highest BCUT2D eigenvalue weighted by molar-refractivity contribution is 5.87. The second kappa shape index (κ2) is 7.61. The van der Waals surface area contributed by atoms with Gasteiger partial charge in [-0.2, -0.15) is 5.10 Å². The molecule has 1 aliphatic heterocycles. The first-order valence-corrected chi connectivity index (χ1v) is 9.33. The summed E-state index contributed by atoms with van der Waals surface area (Å²) in [5.74, 6) is 1.43. The Morgan fingerprint density at radius 3 is 2.63 bits per heavy atom. The quantitative estimate of drug-likeness (QED) is 0.572. The molecule has 6 nitrogen and oxygen atoms in total. The highest BCUT2D eigenvalue weighted by atomic mass is 16.1. The minimum absolute atomic E-state index is 0.104. The Balaban J connectivity index is 1.73. The third-order valence-electron chi connectivity index (χ3n) is 4.99. The molecule has 0 spiro atoms. The number of nitrogens with zero attached hydrogens (tertiary/aromatic N) is 4. The number of anilines is 2. The predicted molar refractivity (Wildman–Crippen MR) is 110 cm³/mol. The van der Waals surface area contributed by atoms with Crippen LogP contribution in [-0.2, 0) is 0 Å². The molecular formula is C21H23N5O. The van der Waals surface area contributed by atoms with E-state index >= 15 is 0 Å². The highest BCUT2D eigenvalue weighted by Crippen LogP contribution is 2.23. The largest absolute Gasteiger partial charge is 0.356 e. The van der Waals surface area contributed by atoms with Crippen molar-refractivity contribution in [2.75, 3.05) is 23.4 Å². The molecule has 0 unspecified atom stereocenters. The fourth-order valence-electron chi connectivity index (χ4n) is 3.35. The lowest BCUT2D eigenvalue weighted by atomic mass is 9.99. The van der Waals surface area contributed by atoms with Gasteiger partial charge in [-0.3, -0.25) is 14.6 Å². The molecule has 0 bridgehead atoms. The maximum absolute atomic E-state index is 13.1. The van der Waals surface area contributed by atoms with Crippen LogP contribution in [0.5, 0.6) is 0 Å². The molecule has 1 fully saturated rings. The van der Waals surface area contributed by atoms with Gasteiger partial charge in [-0.25, -0.2) is 4.98 Å². The van der Waals surface area contributed by atoms with Crippen LogP contribution in [0.15, 0.2) is 64.6 Å². The molecule has 0 amide bonds. The third kappa shape index (κ3) is 3.69. The summed E-state index contributed by atoms with van der Waals surface area (Å²) in [7, 11) is 0. The van der Waals surface area contributed by atoms with Crippen molar-refractivity contribution in [1.82, 2.24) is 9.38 Å². The topological polar surface area (TPSA) is 62.0 Å². The summed E-state index contributed by atoms with van der Waals surface area (Å²) in [6.07, 6.45) is 5.55. The molecule has 138 valence electrons. The molecule has 1 N–H and O–H groups in total. The number of para-hydroxylation sites is 1. The van der Waals surface area contributed by atoms with Gasteiger partial charge in [0.05, 0.1) is 11.9 Å². The summed E-state index contributed by atoms with van der Waals surface area (Å²) in [4.78, 5) is 20.1. The Morgan fingerprint density at radius 2 is 1.85 bits per heavy atom. The van der Waals surface area contributed by atoms with E-state index in [1.807, 2.05) is 48.5 Å². The van der Waals surface area contributed by atoms with Gasteiger partial charge in [0.15, 0.2) is 0 Å². The van der Waals surface area contributed by atoms with E-state index in [9.17, 15) is 4.79 Å². The first-order valence-electron chi connectivity index (χ1n) is 9.33. The zero-order chi connectivity index (χ0) is 18.6. The summed E-state index contributed by atoms with van der Waals surface area (Å²) in [6, 6.07) is 15.3. The van der Waals surface area contributed by atoms with Gasteiger partial charge in [-0.1, -0.05) is 31.2 Å². The number of hydrogen-bond donors (Lipinski definition) is 1. The number of hydrazone groups is 1. The van der Waals surface area contributed by atoms with Crippen molar-refractivity contribution in [2.45, 2.75) is 19.8 Å². The molecule has 0 radical (unpaired) electrons. The molecule has 0 atom stereocenters. The SMILES string of the molecule is CC1CCN(c2nc3ccccn3c(=O)c2/C=N/Nc2ccccc2)CC1. The number of fused-ring (bicyclic) bond motifs is 1. The number of pyridine rings is 1. The Labute approximate surface area is 158 Å². The van der Waals surface area contributed by atoms with Crippen molar-refractivity contribution in [3.05, 3.63) is 70.6 Å². The first kappa shape index (κ1) is 17.3. The number of rotatable bonds is 4. The van der Waals surface area contributed by atoms with Crippen LogP contribution in [0.1, 0.15) is 25.3 Å². The van der Waals surface area contributed by atoms with E-state index in [-0.39, 0.29) is 5.56 Å². The fourth-order valence-corrected chi connectivity index (χ4v) is 3.35. The second-order valence-corrected chi connectivity index (χ2v) is 6.99. The Morgan fingerprint density at radius 1 is 1.11 bits per heavy atom. The van der Waals surface area contributed by atoms with Crippen molar-refractivity contribution in [3.8, 4) is 0 Å². The highest BCUT2D eigenvalue weighted by Gasteiger charge is 2.21. The lowest BCUT2D eigenvalue weighted by Gasteiger charge is -2.32. The Hall–Kier alpha value is -3.15. The van der Waals surface area contributed by atoms with Crippen LogP contribution in [0.3, 0.4) is 0 Å². The minimum atomic E-state index is -0.104. The van der Waals surface area contributed by atoms with Crippen LogP contribution in [0.2, 0.25) is 0 Å². The maximum Gasteiger partial charge on any atom is 0.268 e. The van der Waals surface area contributed by atoms with Crippen molar-refractivity contribution in [3.63, 3.8) is 0 Å². The number of hydrogen-bond acceptors (Lipinski definition) is 5. The lowest BCUT2D eigenvalue weighted by molar-refractivity contribution is 0.436. The third-order valence-corrected chi connectivity index (χ3v) is 4.99. The molecule has 0 saturated carbocycles. The van der Waals surface area contributed by atoms with E-state index in [1.165, 1.54) is 0 Å². The number of aromatic nitrogens is 2. The number of benzene rings is 1. The zero-order valence-electron chi connectivity index (χ0n) is 15.4. The average molecular weight is 361 g/mol. The number of nitrogens with one attached hydrogen (secondary N) is 1. The molecule has 6 heteroatoms. The van der Waals surface area contributed by atoms with Gasteiger partial charge in [0, 0.05) is 19.3 Å². The molecule has 0 aliphatic carbocycles. The van der Waals surface area contributed by atoms with Gasteiger partial charge < -0.3 is 4.90 Å². The monoisotopic (exact) mass is 361 g/mol. The molecule has 2 aromatic heterocycles. The zero-order valence-corrected chi connectivity index (χ0v) is 15.4. The second-order valence-electron chi connectivity index (χ2n) is 6.99. The van der Waals surface area contributed by atoms with Gasteiger partial charge in [-0.15, -0.1) is 0 Å². The van der Waals surface area contributed by atoms with Gasteiger partial charge in [0.1, 0.15) is 17.0 Å². The van der Waals surface area contributed by atoms with Crippen molar-refractivity contribution in [1.29, 1.82) is 0 Å². The van der Waals surface area contributed by atoms with Crippen LogP contribution < -0.4 is 15.9 Å². The first-order chi connectivity index (χ1) is 13.2. The van der Waals surface area contributed by atoms with Crippen molar-refractivity contribution < 1.29 is 0 Å². The Kier molecular flexibility index (Phi) is 4.87. The Bertz CT molecular complexity index is 1000. The van der Waals surface area contributed by atoms with E-state index in [4.69, 9.17) is 4.98 Å². The molecule has 27 heavy (non-hydrogen) atoms. The summed E-state index contributed by atoms with van der Waals surface area (Å²) < 4.78 is 1.57. The standard InChI is InChI=1S/C21H23N5O/c1-16-10-13-25(14-11-16)20-18(15-22-24-17-7-3-2-4-8-17)21(27)26-12-6-5-9-19(26)23-20/h2-9,12,15-16,24H,10-11,13-14H2,1H3/b22-15+. The van der Waals surface area contributed by atoms with Crippen LogP contribution in [0.4, 0.5) is 11.5 Å². The summed E-state index contributed by atoms with van der Waals surface area (Å²) in [6.45, 7) is 4.08. The summed E-state index contributed by atoms with van der Waals surface area (Å²) in [5, 5.41) is 4.29. The van der Waals surface area contributed by atoms with Gasteiger partial charge in [0.2, 0.25) is 0 Å². The van der Waals surface area contributed by atoms with Crippen LogP contribution in [0, 0.1) is 5.92 Å². The predicted octanol–water partition coefficient (Wildman–Crippen LogP) is 3.38. The van der Waals surface area contributed by atoms with Gasteiger partial charge in [-0.05, 0) is 43.0 Å². The summed E-state index contributed by atoms with van der Waals surface area (Å²) >= 11 is 0. The van der Waals surface area contributed by atoms with Crippen LogP contribution in [0.25, 0.3) is 5.65 Å². The van der Waals surface area contributed by atoms with Gasteiger partial charge >= 0.3 is 0 Å². The van der Waals surface area contributed by atoms with Crippen LogP contribution in [-0.4, -0.2) is 28.7 Å². The van der Waals surface area contributed by atoms with E-state index in [0.29, 0.717) is 17.1 Å². The molecule has 1 aromatic carbocycles. The fraction of sp³-hybridized carbons (Fsp3) is 0.286. The maximum atomic E-state index is 13.1. The van der Waals surface area contributed by atoms with Gasteiger partial charge in [0.25, 0.3) is 5.56 Å².